The lowest BCUT2D eigenvalue weighted by atomic mass is 10.1. The number of nitrogens with one attached hydrogen (secondary N) is 2. The predicted molar refractivity (Wildman–Crippen MR) is 151 cm³/mol. The van der Waals surface area contributed by atoms with Crippen LogP contribution in [0, 0.1) is 0 Å². The summed E-state index contributed by atoms with van der Waals surface area (Å²) in [7, 11) is 0. The van der Waals surface area contributed by atoms with Gasteiger partial charge in [0.25, 0.3) is 0 Å². The molecule has 0 rings (SSSR count). The molecule has 2 atom stereocenters. The molecule has 0 amide bonds. The summed E-state index contributed by atoms with van der Waals surface area (Å²) in [6.45, 7) is 23.8. The molecular weight excluding hydrogens is 404 g/mol. The van der Waals surface area contributed by atoms with Gasteiger partial charge in [0.2, 0.25) is 0 Å². The van der Waals surface area contributed by atoms with Crippen LogP contribution in [0.2, 0.25) is 0 Å². The van der Waals surface area contributed by atoms with Gasteiger partial charge in [-0.25, -0.2) is 0 Å². The Bertz CT molecular complexity index is 331. The first-order valence-electron chi connectivity index (χ1n) is 15.1. The largest absolute Gasteiger partial charge is 0.317 e. The zero-order valence-electron chi connectivity index (χ0n) is 23.9. The molecule has 33 heavy (non-hydrogen) atoms. The van der Waals surface area contributed by atoms with Crippen molar-refractivity contribution in [3.8, 4) is 0 Å². The second kappa shape index (κ2) is 24.9. The van der Waals surface area contributed by atoms with Gasteiger partial charge in [-0.3, -0.25) is 0 Å². The van der Waals surface area contributed by atoms with Gasteiger partial charge in [-0.1, -0.05) is 48.0 Å². The Balaban J connectivity index is 3.65. The fourth-order valence-corrected chi connectivity index (χ4v) is 5.24. The standard InChI is InChI=1S/C29H64N4/c1-7-24-32(25-8-2)28(11-5)18-16-22-30-20-14-13-15-21-31-23-17-19-29(12-6)33(26-9-3)27-10-4/h28-31H,7-27H2,1-6H3. The van der Waals surface area contributed by atoms with Crippen molar-refractivity contribution in [3.05, 3.63) is 0 Å². The molecule has 2 unspecified atom stereocenters. The second-order valence-electron chi connectivity index (χ2n) is 10.0. The fourth-order valence-electron chi connectivity index (χ4n) is 5.24. The van der Waals surface area contributed by atoms with Crippen LogP contribution in [-0.2, 0) is 0 Å². The molecule has 0 saturated heterocycles. The van der Waals surface area contributed by atoms with E-state index in [1.54, 1.807) is 0 Å². The van der Waals surface area contributed by atoms with Gasteiger partial charge < -0.3 is 20.4 Å². The summed E-state index contributed by atoms with van der Waals surface area (Å²) in [4.78, 5) is 5.45. The third-order valence-electron chi connectivity index (χ3n) is 7.01. The van der Waals surface area contributed by atoms with E-state index in [2.05, 4.69) is 62.0 Å². The van der Waals surface area contributed by atoms with Crippen molar-refractivity contribution >= 4 is 0 Å². The van der Waals surface area contributed by atoms with Crippen LogP contribution in [0.1, 0.15) is 125 Å². The van der Waals surface area contributed by atoms with E-state index < -0.39 is 0 Å². The molecule has 0 aliphatic carbocycles. The Kier molecular flexibility index (Phi) is 24.8. The molecule has 200 valence electrons. The number of hydrogen-bond acceptors (Lipinski definition) is 4. The lowest BCUT2D eigenvalue weighted by molar-refractivity contribution is 0.179. The molecule has 0 spiro atoms. The fraction of sp³-hybridized carbons (Fsp3) is 1.00. The van der Waals surface area contributed by atoms with Crippen molar-refractivity contribution in [3.63, 3.8) is 0 Å². The molecule has 0 fully saturated rings. The van der Waals surface area contributed by atoms with Gasteiger partial charge in [0.05, 0.1) is 0 Å². The van der Waals surface area contributed by atoms with Crippen LogP contribution in [0.4, 0.5) is 0 Å². The smallest absolute Gasteiger partial charge is 0.00930 e. The van der Waals surface area contributed by atoms with Gasteiger partial charge in [0.1, 0.15) is 0 Å². The molecule has 0 aromatic heterocycles. The molecule has 0 aromatic rings. The van der Waals surface area contributed by atoms with Crippen LogP contribution >= 0.6 is 0 Å². The van der Waals surface area contributed by atoms with Gasteiger partial charge in [0, 0.05) is 12.1 Å². The first kappa shape index (κ1) is 32.8. The molecule has 0 bridgehead atoms. The van der Waals surface area contributed by atoms with Gasteiger partial charge in [-0.05, 0) is 129 Å². The van der Waals surface area contributed by atoms with Crippen molar-refractivity contribution < 1.29 is 0 Å². The lowest BCUT2D eigenvalue weighted by Gasteiger charge is -2.30. The normalized spacial score (nSPS) is 13.8. The second-order valence-corrected chi connectivity index (χ2v) is 10.0. The van der Waals surface area contributed by atoms with E-state index >= 15 is 0 Å². The van der Waals surface area contributed by atoms with Crippen molar-refractivity contribution in [2.24, 2.45) is 0 Å². The number of nitrogens with zero attached hydrogens (tertiary/aromatic N) is 2. The third-order valence-corrected chi connectivity index (χ3v) is 7.01. The number of unbranched alkanes of at least 4 members (excludes halogenated alkanes) is 2. The third kappa shape index (κ3) is 17.9. The van der Waals surface area contributed by atoms with E-state index in [0.29, 0.717) is 0 Å². The molecule has 0 aromatic carbocycles. The van der Waals surface area contributed by atoms with Crippen molar-refractivity contribution in [1.29, 1.82) is 0 Å². The summed E-state index contributed by atoms with van der Waals surface area (Å²) in [5, 5.41) is 7.37. The van der Waals surface area contributed by atoms with Crippen molar-refractivity contribution in [1.82, 2.24) is 20.4 Å². The zero-order valence-corrected chi connectivity index (χ0v) is 23.9. The summed E-state index contributed by atoms with van der Waals surface area (Å²) in [5.74, 6) is 0. The van der Waals surface area contributed by atoms with Crippen LogP contribution in [0.15, 0.2) is 0 Å². The van der Waals surface area contributed by atoms with E-state index in [9.17, 15) is 0 Å². The molecule has 0 radical (unpaired) electrons. The van der Waals surface area contributed by atoms with Gasteiger partial charge in [-0.2, -0.15) is 0 Å². The minimum atomic E-state index is 0.784. The Labute approximate surface area is 210 Å². The summed E-state index contributed by atoms with van der Waals surface area (Å²) < 4.78 is 0. The molecule has 0 heterocycles. The topological polar surface area (TPSA) is 30.5 Å². The molecule has 0 saturated carbocycles. The zero-order chi connectivity index (χ0) is 24.6. The maximum absolute atomic E-state index is 3.69. The first-order valence-corrected chi connectivity index (χ1v) is 15.1. The summed E-state index contributed by atoms with van der Waals surface area (Å²) in [5.41, 5.74) is 0. The highest BCUT2D eigenvalue weighted by atomic mass is 15.2. The first-order chi connectivity index (χ1) is 16.2. The Morgan fingerprint density at radius 1 is 0.455 bits per heavy atom. The van der Waals surface area contributed by atoms with E-state index in [0.717, 1.165) is 12.1 Å². The average Bonchev–Trinajstić information content (AvgIpc) is 2.82. The lowest BCUT2D eigenvalue weighted by Crippen LogP contribution is -2.36. The molecule has 0 aliphatic heterocycles. The molecule has 0 aliphatic rings. The average molecular weight is 469 g/mol. The van der Waals surface area contributed by atoms with Crippen LogP contribution in [0.25, 0.3) is 0 Å². The van der Waals surface area contributed by atoms with E-state index in [-0.39, 0.29) is 0 Å². The summed E-state index contributed by atoms with van der Waals surface area (Å²) >= 11 is 0. The molecule has 2 N–H and O–H groups in total. The van der Waals surface area contributed by atoms with Crippen LogP contribution in [0.5, 0.6) is 0 Å². The SMILES string of the molecule is CCCN(CCC)C(CC)CCCNCCCCCNCCCC(CC)N(CCC)CCC. The van der Waals surface area contributed by atoms with Crippen LogP contribution in [0.3, 0.4) is 0 Å². The van der Waals surface area contributed by atoms with Crippen molar-refractivity contribution in [2.75, 3.05) is 52.4 Å². The predicted octanol–water partition coefficient (Wildman–Crippen LogP) is 6.70. The molecular formula is C29H64N4. The highest BCUT2D eigenvalue weighted by molar-refractivity contribution is 4.72. The maximum atomic E-state index is 3.69. The van der Waals surface area contributed by atoms with Gasteiger partial charge >= 0.3 is 0 Å². The van der Waals surface area contributed by atoms with Gasteiger partial charge in [-0.15, -0.1) is 0 Å². The van der Waals surface area contributed by atoms with E-state index in [1.807, 2.05) is 0 Å². The van der Waals surface area contributed by atoms with E-state index in [1.165, 1.54) is 136 Å². The van der Waals surface area contributed by atoms with Gasteiger partial charge in [0.15, 0.2) is 0 Å². The molecule has 4 heteroatoms. The van der Waals surface area contributed by atoms with E-state index in [4.69, 9.17) is 0 Å². The summed E-state index contributed by atoms with van der Waals surface area (Å²) in [6.07, 6.45) is 17.0. The highest BCUT2D eigenvalue weighted by Gasteiger charge is 2.15. The Morgan fingerprint density at radius 3 is 1.09 bits per heavy atom. The summed E-state index contributed by atoms with van der Waals surface area (Å²) in [6, 6.07) is 1.57. The number of rotatable bonds is 26. The minimum absolute atomic E-state index is 0.784. The highest BCUT2D eigenvalue weighted by Crippen LogP contribution is 2.13. The monoisotopic (exact) mass is 469 g/mol. The quantitative estimate of drug-likeness (QED) is 0.138. The van der Waals surface area contributed by atoms with Crippen molar-refractivity contribution in [2.45, 2.75) is 137 Å². The minimum Gasteiger partial charge on any atom is -0.317 e. The molecule has 4 nitrogen and oxygen atoms in total. The Hall–Kier alpha value is -0.160. The van der Waals surface area contributed by atoms with Crippen LogP contribution in [-0.4, -0.2) is 74.2 Å². The number of hydrogen-bond donors (Lipinski definition) is 2. The van der Waals surface area contributed by atoms with Crippen LogP contribution < -0.4 is 10.6 Å². The maximum Gasteiger partial charge on any atom is 0.00930 e. The Morgan fingerprint density at radius 2 is 0.788 bits per heavy atom.